The van der Waals surface area contributed by atoms with Crippen LogP contribution in [0.5, 0.6) is 0 Å². The first-order valence-corrected chi connectivity index (χ1v) is 11.3. The Balaban J connectivity index is 2.00. The highest BCUT2D eigenvalue weighted by Crippen LogP contribution is 2.39. The molecule has 3 aromatic rings. The molecule has 4 rings (SSSR count). The standard InChI is InChI=1S/C22H24N2O2S2/c1-5-11-27-21-23-19-18(15-12-22(4,6-2)26-13-17(15)28-19)20(25)24(21)16-10-8-7-9-14(16)3/h5,7-10H,1,6,11-13H2,2-4H3/t22-/m1/s1. The minimum Gasteiger partial charge on any atom is -0.369 e. The number of thiophene rings is 1. The maximum atomic E-state index is 13.7. The van der Waals surface area contributed by atoms with Crippen molar-refractivity contribution in [1.29, 1.82) is 0 Å². The molecule has 1 atom stereocenters. The lowest BCUT2D eigenvalue weighted by Crippen LogP contribution is -2.34. The number of aryl methyl sites for hydroxylation is 1. The number of aromatic nitrogens is 2. The maximum absolute atomic E-state index is 13.7. The smallest absolute Gasteiger partial charge is 0.267 e. The summed E-state index contributed by atoms with van der Waals surface area (Å²) in [5.74, 6) is 0.700. The van der Waals surface area contributed by atoms with Crippen LogP contribution in [0.4, 0.5) is 0 Å². The predicted molar refractivity (Wildman–Crippen MR) is 118 cm³/mol. The summed E-state index contributed by atoms with van der Waals surface area (Å²) in [7, 11) is 0. The minimum atomic E-state index is -0.225. The Labute approximate surface area is 173 Å². The normalized spacial score (nSPS) is 19.0. The summed E-state index contributed by atoms with van der Waals surface area (Å²) in [5, 5.41) is 1.47. The third kappa shape index (κ3) is 3.23. The Morgan fingerprint density at radius 1 is 1.43 bits per heavy atom. The zero-order valence-electron chi connectivity index (χ0n) is 16.4. The van der Waals surface area contributed by atoms with Crippen LogP contribution in [0.2, 0.25) is 0 Å². The van der Waals surface area contributed by atoms with Crippen molar-refractivity contribution in [2.75, 3.05) is 5.75 Å². The van der Waals surface area contributed by atoms with Gasteiger partial charge in [0.15, 0.2) is 5.16 Å². The van der Waals surface area contributed by atoms with E-state index in [2.05, 4.69) is 20.4 Å². The van der Waals surface area contributed by atoms with Gasteiger partial charge in [0, 0.05) is 17.1 Å². The minimum absolute atomic E-state index is 0.0173. The van der Waals surface area contributed by atoms with Gasteiger partial charge in [-0.3, -0.25) is 9.36 Å². The van der Waals surface area contributed by atoms with E-state index in [4.69, 9.17) is 9.72 Å². The van der Waals surface area contributed by atoms with E-state index >= 15 is 0 Å². The number of rotatable bonds is 5. The van der Waals surface area contributed by atoms with Crippen molar-refractivity contribution in [3.8, 4) is 5.69 Å². The third-order valence-corrected chi connectivity index (χ3v) is 7.45. The lowest BCUT2D eigenvalue weighted by Gasteiger charge is -2.32. The fraction of sp³-hybridized carbons (Fsp3) is 0.364. The molecular weight excluding hydrogens is 388 g/mol. The number of nitrogens with zero attached hydrogens (tertiary/aromatic N) is 2. The fourth-order valence-electron chi connectivity index (χ4n) is 3.59. The summed E-state index contributed by atoms with van der Waals surface area (Å²) in [4.78, 5) is 20.6. The van der Waals surface area contributed by atoms with Crippen molar-refractivity contribution >= 4 is 33.3 Å². The van der Waals surface area contributed by atoms with Gasteiger partial charge in [-0.2, -0.15) is 0 Å². The van der Waals surface area contributed by atoms with Crippen molar-refractivity contribution in [3.63, 3.8) is 0 Å². The second-order valence-electron chi connectivity index (χ2n) is 7.37. The molecule has 0 amide bonds. The first kappa shape index (κ1) is 19.4. The van der Waals surface area contributed by atoms with Gasteiger partial charge in [0.2, 0.25) is 0 Å². The van der Waals surface area contributed by atoms with Gasteiger partial charge in [0.1, 0.15) is 4.83 Å². The molecule has 0 radical (unpaired) electrons. The molecular formula is C22H24N2O2S2. The van der Waals surface area contributed by atoms with Crippen LogP contribution >= 0.6 is 23.1 Å². The number of para-hydroxylation sites is 1. The summed E-state index contributed by atoms with van der Waals surface area (Å²) < 4.78 is 7.87. The van der Waals surface area contributed by atoms with Crippen molar-refractivity contribution in [3.05, 3.63) is 63.3 Å². The molecule has 0 saturated heterocycles. The second-order valence-corrected chi connectivity index (χ2v) is 9.44. The van der Waals surface area contributed by atoms with Crippen LogP contribution in [0.25, 0.3) is 15.9 Å². The summed E-state index contributed by atoms with van der Waals surface area (Å²) in [6, 6.07) is 7.97. The Bertz CT molecular complexity index is 1120. The van der Waals surface area contributed by atoms with Gasteiger partial charge in [0.05, 0.1) is 23.3 Å². The monoisotopic (exact) mass is 412 g/mol. The molecule has 0 fully saturated rings. The zero-order chi connectivity index (χ0) is 19.9. The Kier molecular flexibility index (Phi) is 5.21. The zero-order valence-corrected chi connectivity index (χ0v) is 18.1. The molecule has 4 nitrogen and oxygen atoms in total. The molecule has 0 saturated carbocycles. The molecule has 0 unspecified atom stereocenters. The van der Waals surface area contributed by atoms with E-state index in [9.17, 15) is 4.79 Å². The van der Waals surface area contributed by atoms with Crippen molar-refractivity contribution < 1.29 is 4.74 Å². The first-order valence-electron chi connectivity index (χ1n) is 9.48. The molecule has 0 N–H and O–H groups in total. The molecule has 1 aliphatic heterocycles. The molecule has 0 spiro atoms. The average Bonchev–Trinajstić information content (AvgIpc) is 3.05. The molecule has 3 heterocycles. The second kappa shape index (κ2) is 7.50. The van der Waals surface area contributed by atoms with Crippen molar-refractivity contribution in [1.82, 2.24) is 9.55 Å². The Hall–Kier alpha value is -1.89. The maximum Gasteiger partial charge on any atom is 0.267 e. The quantitative estimate of drug-likeness (QED) is 0.325. The van der Waals surface area contributed by atoms with Crippen LogP contribution in [0.1, 0.15) is 36.3 Å². The predicted octanol–water partition coefficient (Wildman–Crippen LogP) is 5.28. The number of hydrogen-bond donors (Lipinski definition) is 0. The van der Waals surface area contributed by atoms with E-state index in [0.29, 0.717) is 17.5 Å². The number of ether oxygens (including phenoxy) is 1. The lowest BCUT2D eigenvalue weighted by molar-refractivity contribution is -0.0543. The molecule has 0 bridgehead atoms. The van der Waals surface area contributed by atoms with Gasteiger partial charge in [-0.25, -0.2) is 4.98 Å². The van der Waals surface area contributed by atoms with Gasteiger partial charge >= 0.3 is 0 Å². The van der Waals surface area contributed by atoms with E-state index in [1.165, 1.54) is 11.8 Å². The van der Waals surface area contributed by atoms with Gasteiger partial charge < -0.3 is 4.74 Å². The molecule has 1 aliphatic rings. The van der Waals surface area contributed by atoms with Crippen LogP contribution in [-0.4, -0.2) is 20.9 Å². The number of benzene rings is 1. The highest BCUT2D eigenvalue weighted by Gasteiger charge is 2.33. The molecule has 6 heteroatoms. The van der Waals surface area contributed by atoms with Crippen LogP contribution in [-0.2, 0) is 17.8 Å². The average molecular weight is 413 g/mol. The summed E-state index contributed by atoms with van der Waals surface area (Å²) in [5.41, 5.74) is 2.85. The van der Waals surface area contributed by atoms with Gasteiger partial charge in [-0.15, -0.1) is 17.9 Å². The third-order valence-electron chi connectivity index (χ3n) is 5.41. The largest absolute Gasteiger partial charge is 0.369 e. The van der Waals surface area contributed by atoms with E-state index in [0.717, 1.165) is 44.7 Å². The van der Waals surface area contributed by atoms with E-state index in [1.54, 1.807) is 15.9 Å². The van der Waals surface area contributed by atoms with Gasteiger partial charge in [-0.05, 0) is 37.5 Å². The fourth-order valence-corrected chi connectivity index (χ4v) is 5.47. The van der Waals surface area contributed by atoms with Crippen LogP contribution in [0.15, 0.2) is 46.9 Å². The molecule has 0 aliphatic carbocycles. The molecule has 1 aromatic carbocycles. The number of hydrogen-bond acceptors (Lipinski definition) is 5. The van der Waals surface area contributed by atoms with Gasteiger partial charge in [0.25, 0.3) is 5.56 Å². The summed E-state index contributed by atoms with van der Waals surface area (Å²) >= 11 is 3.13. The highest BCUT2D eigenvalue weighted by atomic mass is 32.2. The van der Waals surface area contributed by atoms with Gasteiger partial charge in [-0.1, -0.05) is 43.0 Å². The van der Waals surface area contributed by atoms with E-state index in [-0.39, 0.29) is 11.2 Å². The number of thioether (sulfide) groups is 1. The van der Waals surface area contributed by atoms with E-state index in [1.807, 2.05) is 37.3 Å². The molecule has 28 heavy (non-hydrogen) atoms. The highest BCUT2D eigenvalue weighted by molar-refractivity contribution is 7.99. The molecule has 2 aromatic heterocycles. The van der Waals surface area contributed by atoms with Crippen molar-refractivity contribution in [2.45, 2.75) is 51.0 Å². The topological polar surface area (TPSA) is 44.1 Å². The van der Waals surface area contributed by atoms with Crippen LogP contribution < -0.4 is 5.56 Å². The van der Waals surface area contributed by atoms with E-state index < -0.39 is 0 Å². The Morgan fingerprint density at radius 2 is 2.21 bits per heavy atom. The summed E-state index contributed by atoms with van der Waals surface area (Å²) in [6.07, 6.45) is 3.50. The first-order chi connectivity index (χ1) is 13.5. The van der Waals surface area contributed by atoms with Crippen LogP contribution in [0.3, 0.4) is 0 Å². The summed E-state index contributed by atoms with van der Waals surface area (Å²) in [6.45, 7) is 10.6. The SMILES string of the molecule is C=CCSc1nc2sc3c(c2c(=O)n1-c1ccccc1C)C[C@@](C)(CC)OC3. The lowest BCUT2D eigenvalue weighted by atomic mass is 9.90. The number of fused-ring (bicyclic) bond motifs is 3. The van der Waals surface area contributed by atoms with Crippen molar-refractivity contribution in [2.24, 2.45) is 0 Å². The van der Waals surface area contributed by atoms with Crippen LogP contribution in [0, 0.1) is 6.92 Å². The molecule has 146 valence electrons. The Morgan fingerprint density at radius 3 is 2.93 bits per heavy atom.